The molecule has 0 atom stereocenters. The van der Waals surface area contributed by atoms with E-state index in [9.17, 15) is 9.59 Å². The minimum absolute atomic E-state index is 0.0559. The minimum atomic E-state index is -0.0662. The van der Waals surface area contributed by atoms with Crippen molar-refractivity contribution in [3.8, 4) is 5.75 Å². The lowest BCUT2D eigenvalue weighted by atomic mass is 10.1. The first-order valence-corrected chi connectivity index (χ1v) is 10.4. The molecule has 1 N–H and O–H groups in total. The van der Waals surface area contributed by atoms with E-state index in [0.717, 1.165) is 21.8 Å². The minimum Gasteiger partial charge on any atom is -0.496 e. The van der Waals surface area contributed by atoms with Gasteiger partial charge in [0.2, 0.25) is 0 Å². The molecule has 0 bridgehead atoms. The summed E-state index contributed by atoms with van der Waals surface area (Å²) in [5.74, 6) is 0.444. The van der Waals surface area contributed by atoms with Crippen molar-refractivity contribution in [1.82, 2.24) is 14.8 Å². The molecule has 1 aliphatic rings. The van der Waals surface area contributed by atoms with E-state index in [-0.39, 0.29) is 11.8 Å². The summed E-state index contributed by atoms with van der Waals surface area (Å²) in [7, 11) is 1.56. The summed E-state index contributed by atoms with van der Waals surface area (Å²) in [6.07, 6.45) is 0.727. The number of aromatic amines is 1. The number of hydrogen-bond donors (Lipinski definition) is 1. The number of ether oxygens (including phenoxy) is 1. The van der Waals surface area contributed by atoms with Crippen LogP contribution < -0.4 is 4.74 Å². The van der Waals surface area contributed by atoms with Gasteiger partial charge in [-0.05, 0) is 40.5 Å². The average molecular weight is 456 g/mol. The van der Waals surface area contributed by atoms with Crippen molar-refractivity contribution in [1.29, 1.82) is 0 Å². The van der Waals surface area contributed by atoms with E-state index in [1.54, 1.807) is 24.1 Å². The Morgan fingerprint density at radius 1 is 0.931 bits per heavy atom. The van der Waals surface area contributed by atoms with Gasteiger partial charge in [-0.2, -0.15) is 0 Å². The van der Waals surface area contributed by atoms with Crippen molar-refractivity contribution < 1.29 is 14.3 Å². The molecule has 0 saturated carbocycles. The quantitative estimate of drug-likeness (QED) is 0.650. The number of H-pyrrole nitrogens is 1. The molecule has 4 rings (SSSR count). The van der Waals surface area contributed by atoms with Crippen LogP contribution in [0.5, 0.6) is 5.75 Å². The molecule has 29 heavy (non-hydrogen) atoms. The van der Waals surface area contributed by atoms with E-state index >= 15 is 0 Å². The third-order valence-corrected chi connectivity index (χ3v) is 6.09. The second-order valence-electron chi connectivity index (χ2n) is 7.00. The first-order chi connectivity index (χ1) is 14.1. The topological polar surface area (TPSA) is 65.6 Å². The van der Waals surface area contributed by atoms with E-state index < -0.39 is 0 Å². The van der Waals surface area contributed by atoms with Crippen molar-refractivity contribution in [3.05, 3.63) is 64.3 Å². The van der Waals surface area contributed by atoms with Gasteiger partial charge < -0.3 is 19.5 Å². The first kappa shape index (κ1) is 19.5. The summed E-state index contributed by atoms with van der Waals surface area (Å²) in [6.45, 7) is 2.19. The number of fused-ring (bicyclic) bond motifs is 1. The number of methoxy groups -OCH3 is 1. The number of benzene rings is 2. The lowest BCUT2D eigenvalue weighted by molar-refractivity contribution is 0.0714. The van der Waals surface area contributed by atoms with Crippen LogP contribution in [-0.4, -0.2) is 59.9 Å². The van der Waals surface area contributed by atoms with Gasteiger partial charge in [0.25, 0.3) is 11.8 Å². The van der Waals surface area contributed by atoms with Crippen molar-refractivity contribution in [2.45, 2.75) is 6.42 Å². The van der Waals surface area contributed by atoms with Crippen LogP contribution in [0.25, 0.3) is 10.9 Å². The Morgan fingerprint density at radius 3 is 2.31 bits per heavy atom. The normalized spacial score (nSPS) is 14.7. The molecule has 1 fully saturated rings. The third kappa shape index (κ3) is 3.74. The summed E-state index contributed by atoms with van der Waals surface area (Å²) in [6, 6.07) is 15.0. The Bertz CT molecular complexity index is 1060. The van der Waals surface area contributed by atoms with Crippen LogP contribution in [0, 0.1) is 0 Å². The van der Waals surface area contributed by atoms with Gasteiger partial charge in [-0.3, -0.25) is 9.59 Å². The monoisotopic (exact) mass is 455 g/mol. The summed E-state index contributed by atoms with van der Waals surface area (Å²) >= 11 is 3.56. The second-order valence-corrected chi connectivity index (χ2v) is 7.79. The third-order valence-electron chi connectivity index (χ3n) is 5.26. The molecule has 7 heteroatoms. The number of carbonyl (C=O) groups excluding carboxylic acids is 2. The zero-order valence-electron chi connectivity index (χ0n) is 16.2. The highest BCUT2D eigenvalue weighted by molar-refractivity contribution is 9.10. The highest BCUT2D eigenvalue weighted by Crippen LogP contribution is 2.29. The van der Waals surface area contributed by atoms with Crippen LogP contribution in [0.2, 0.25) is 0 Å². The molecule has 2 heterocycles. The Hall–Kier alpha value is -2.80. The van der Waals surface area contributed by atoms with E-state index in [2.05, 4.69) is 20.9 Å². The number of para-hydroxylation sites is 2. The predicted molar refractivity (Wildman–Crippen MR) is 115 cm³/mol. The number of rotatable bonds is 3. The average Bonchev–Trinajstić information content (AvgIpc) is 2.93. The number of hydrogen-bond acceptors (Lipinski definition) is 3. The van der Waals surface area contributed by atoms with Crippen LogP contribution in [0.3, 0.4) is 0 Å². The van der Waals surface area contributed by atoms with Gasteiger partial charge in [-0.1, -0.05) is 30.3 Å². The fourth-order valence-corrected chi connectivity index (χ4v) is 4.34. The number of nitrogens with zero attached hydrogens (tertiary/aromatic N) is 2. The highest BCUT2D eigenvalue weighted by Gasteiger charge is 2.27. The van der Waals surface area contributed by atoms with Crippen LogP contribution in [-0.2, 0) is 0 Å². The first-order valence-electron chi connectivity index (χ1n) is 9.58. The van der Waals surface area contributed by atoms with Gasteiger partial charge in [0.15, 0.2) is 0 Å². The molecule has 6 nitrogen and oxygen atoms in total. The van der Waals surface area contributed by atoms with Gasteiger partial charge in [-0.15, -0.1) is 0 Å². The Morgan fingerprint density at radius 2 is 1.59 bits per heavy atom. The zero-order chi connectivity index (χ0) is 20.4. The summed E-state index contributed by atoms with van der Waals surface area (Å²) in [5, 5.41) is 0.985. The SMILES string of the molecule is COc1ccccc1C(=O)N1CCCN(C(=O)c2[nH]c3ccccc3c2Br)CC1. The number of amides is 2. The van der Waals surface area contributed by atoms with E-state index in [4.69, 9.17) is 4.74 Å². The molecule has 0 spiro atoms. The molecule has 3 aromatic rings. The van der Waals surface area contributed by atoms with Gasteiger partial charge in [-0.25, -0.2) is 0 Å². The predicted octanol–water partition coefficient (Wildman–Crippen LogP) is 3.93. The smallest absolute Gasteiger partial charge is 0.271 e. The molecule has 0 unspecified atom stereocenters. The number of halogens is 1. The van der Waals surface area contributed by atoms with Gasteiger partial charge in [0.05, 0.1) is 17.1 Å². The van der Waals surface area contributed by atoms with Gasteiger partial charge in [0, 0.05) is 37.1 Å². The summed E-state index contributed by atoms with van der Waals surface area (Å²) in [4.78, 5) is 32.9. The van der Waals surface area contributed by atoms with Crippen LogP contribution in [0.1, 0.15) is 27.3 Å². The molecule has 2 amide bonds. The largest absolute Gasteiger partial charge is 0.496 e. The molecule has 1 saturated heterocycles. The molecule has 1 aromatic heterocycles. The molecular formula is C22H22BrN3O3. The van der Waals surface area contributed by atoms with Gasteiger partial charge in [0.1, 0.15) is 11.4 Å². The molecule has 0 aliphatic carbocycles. The molecule has 2 aromatic carbocycles. The standard InChI is InChI=1S/C22H22BrN3O3/c1-29-18-10-5-3-8-16(18)21(27)25-11-6-12-26(14-13-25)22(28)20-19(23)15-7-2-4-9-17(15)24-20/h2-5,7-10,24H,6,11-14H2,1H3. The zero-order valence-corrected chi connectivity index (χ0v) is 17.7. The molecule has 150 valence electrons. The maximum Gasteiger partial charge on any atom is 0.271 e. The Labute approximate surface area is 177 Å². The lowest BCUT2D eigenvalue weighted by Gasteiger charge is -2.22. The number of aromatic nitrogens is 1. The maximum absolute atomic E-state index is 13.1. The Balaban J connectivity index is 1.50. The molecular weight excluding hydrogens is 434 g/mol. The molecule has 0 radical (unpaired) electrons. The molecule has 1 aliphatic heterocycles. The van der Waals surface area contributed by atoms with E-state index in [0.29, 0.717) is 43.2 Å². The van der Waals surface area contributed by atoms with E-state index in [1.165, 1.54) is 0 Å². The number of carbonyl (C=O) groups is 2. The van der Waals surface area contributed by atoms with Crippen molar-refractivity contribution in [2.24, 2.45) is 0 Å². The van der Waals surface area contributed by atoms with Crippen LogP contribution in [0.15, 0.2) is 53.0 Å². The number of nitrogens with one attached hydrogen (secondary N) is 1. The van der Waals surface area contributed by atoms with Crippen LogP contribution >= 0.6 is 15.9 Å². The fourth-order valence-electron chi connectivity index (χ4n) is 3.73. The summed E-state index contributed by atoms with van der Waals surface area (Å²) in [5.41, 5.74) is 2.02. The second kappa shape index (κ2) is 8.29. The van der Waals surface area contributed by atoms with Crippen molar-refractivity contribution >= 4 is 38.6 Å². The van der Waals surface area contributed by atoms with E-state index in [1.807, 2.05) is 41.3 Å². The lowest BCUT2D eigenvalue weighted by Crippen LogP contribution is -2.37. The van der Waals surface area contributed by atoms with Gasteiger partial charge >= 0.3 is 0 Å². The summed E-state index contributed by atoms with van der Waals surface area (Å²) < 4.78 is 6.11. The van der Waals surface area contributed by atoms with Crippen LogP contribution in [0.4, 0.5) is 0 Å². The van der Waals surface area contributed by atoms with Crippen molar-refractivity contribution in [2.75, 3.05) is 33.3 Å². The van der Waals surface area contributed by atoms with Crippen molar-refractivity contribution in [3.63, 3.8) is 0 Å². The Kier molecular flexibility index (Phi) is 5.58. The highest BCUT2D eigenvalue weighted by atomic mass is 79.9. The maximum atomic E-state index is 13.1. The fraction of sp³-hybridized carbons (Fsp3) is 0.273.